The highest BCUT2D eigenvalue weighted by molar-refractivity contribution is 5.89. The predicted octanol–water partition coefficient (Wildman–Crippen LogP) is 1.76. The lowest BCUT2D eigenvalue weighted by atomic mass is 9.94. The molecule has 0 fully saturated rings. The summed E-state index contributed by atoms with van der Waals surface area (Å²) in [6, 6.07) is -0.313. The molecular weight excluding hydrogens is 178 g/mol. The Labute approximate surface area is 86.3 Å². The smallest absolute Gasteiger partial charge is 0.217 e. The SMILES string of the molecule is CC(=O)N[C@@H](CC(C)C)C(=O)C(C)C. The first-order chi connectivity index (χ1) is 6.34. The highest BCUT2D eigenvalue weighted by Crippen LogP contribution is 2.10. The van der Waals surface area contributed by atoms with Gasteiger partial charge in [0.1, 0.15) is 0 Å². The molecule has 0 aliphatic carbocycles. The van der Waals surface area contributed by atoms with Gasteiger partial charge in [0.25, 0.3) is 0 Å². The van der Waals surface area contributed by atoms with E-state index in [4.69, 9.17) is 0 Å². The Hall–Kier alpha value is -0.860. The van der Waals surface area contributed by atoms with Gasteiger partial charge in [0, 0.05) is 12.8 Å². The molecule has 0 aliphatic rings. The fourth-order valence-corrected chi connectivity index (χ4v) is 1.37. The second-order valence-electron chi connectivity index (χ2n) is 4.44. The lowest BCUT2D eigenvalue weighted by Gasteiger charge is -2.20. The van der Waals surface area contributed by atoms with Crippen molar-refractivity contribution in [3.63, 3.8) is 0 Å². The van der Waals surface area contributed by atoms with Crippen molar-refractivity contribution in [1.82, 2.24) is 5.32 Å². The van der Waals surface area contributed by atoms with Crippen molar-refractivity contribution in [2.45, 2.75) is 47.1 Å². The number of amides is 1. The Bertz CT molecular complexity index is 209. The van der Waals surface area contributed by atoms with Crippen LogP contribution in [0.4, 0.5) is 0 Å². The van der Waals surface area contributed by atoms with Gasteiger partial charge in [0.2, 0.25) is 5.91 Å². The first-order valence-electron chi connectivity index (χ1n) is 5.15. The van der Waals surface area contributed by atoms with Crippen LogP contribution in [0.1, 0.15) is 41.0 Å². The van der Waals surface area contributed by atoms with Crippen molar-refractivity contribution < 1.29 is 9.59 Å². The van der Waals surface area contributed by atoms with Crippen LogP contribution in [0.2, 0.25) is 0 Å². The molecule has 0 saturated carbocycles. The van der Waals surface area contributed by atoms with Crippen LogP contribution < -0.4 is 5.32 Å². The topological polar surface area (TPSA) is 46.2 Å². The van der Waals surface area contributed by atoms with Gasteiger partial charge >= 0.3 is 0 Å². The van der Waals surface area contributed by atoms with Crippen LogP contribution in [-0.2, 0) is 9.59 Å². The van der Waals surface area contributed by atoms with Crippen molar-refractivity contribution in [3.05, 3.63) is 0 Å². The Morgan fingerprint density at radius 1 is 1.14 bits per heavy atom. The van der Waals surface area contributed by atoms with E-state index in [9.17, 15) is 9.59 Å². The molecule has 0 saturated heterocycles. The fourth-order valence-electron chi connectivity index (χ4n) is 1.37. The molecule has 0 aliphatic heterocycles. The van der Waals surface area contributed by atoms with E-state index in [0.29, 0.717) is 5.92 Å². The number of hydrogen-bond donors (Lipinski definition) is 1. The zero-order chi connectivity index (χ0) is 11.3. The third-order valence-corrected chi connectivity index (χ3v) is 2.00. The highest BCUT2D eigenvalue weighted by Gasteiger charge is 2.22. The number of ketones is 1. The number of rotatable bonds is 5. The molecule has 0 aromatic rings. The van der Waals surface area contributed by atoms with Crippen LogP contribution in [0.25, 0.3) is 0 Å². The standard InChI is InChI=1S/C11H21NO2/c1-7(2)6-10(12-9(5)13)11(14)8(3)4/h7-8,10H,6H2,1-5H3,(H,12,13)/t10-/m0/s1. The molecule has 0 heterocycles. The van der Waals surface area contributed by atoms with Gasteiger partial charge in [-0.15, -0.1) is 0 Å². The molecule has 82 valence electrons. The van der Waals surface area contributed by atoms with Gasteiger partial charge in [-0.1, -0.05) is 27.7 Å². The van der Waals surface area contributed by atoms with Gasteiger partial charge in [-0.05, 0) is 12.3 Å². The van der Waals surface area contributed by atoms with E-state index in [1.54, 1.807) is 0 Å². The average Bonchev–Trinajstić information content (AvgIpc) is 1.99. The number of Topliss-reactive ketones (excluding diaryl/α,β-unsaturated/α-hetero) is 1. The fraction of sp³-hybridized carbons (Fsp3) is 0.818. The van der Waals surface area contributed by atoms with Gasteiger partial charge in [0.15, 0.2) is 5.78 Å². The molecule has 0 aromatic heterocycles. The van der Waals surface area contributed by atoms with E-state index in [2.05, 4.69) is 5.32 Å². The van der Waals surface area contributed by atoms with Gasteiger partial charge in [-0.25, -0.2) is 0 Å². The Balaban J connectivity index is 4.38. The maximum atomic E-state index is 11.7. The van der Waals surface area contributed by atoms with Gasteiger partial charge in [-0.2, -0.15) is 0 Å². The minimum atomic E-state index is -0.313. The number of hydrogen-bond acceptors (Lipinski definition) is 2. The highest BCUT2D eigenvalue weighted by atomic mass is 16.2. The van der Waals surface area contributed by atoms with E-state index in [1.807, 2.05) is 27.7 Å². The molecule has 0 spiro atoms. The van der Waals surface area contributed by atoms with E-state index in [0.717, 1.165) is 6.42 Å². The molecular formula is C11H21NO2. The summed E-state index contributed by atoms with van der Waals surface area (Å²) in [5.74, 6) is 0.374. The van der Waals surface area contributed by atoms with Crippen molar-refractivity contribution in [2.75, 3.05) is 0 Å². The van der Waals surface area contributed by atoms with E-state index >= 15 is 0 Å². The molecule has 1 N–H and O–H groups in total. The second kappa shape index (κ2) is 5.78. The van der Waals surface area contributed by atoms with Gasteiger partial charge in [0.05, 0.1) is 6.04 Å². The second-order valence-corrected chi connectivity index (χ2v) is 4.44. The summed E-state index contributed by atoms with van der Waals surface area (Å²) in [7, 11) is 0. The summed E-state index contributed by atoms with van der Waals surface area (Å²) in [5.41, 5.74) is 0. The molecule has 0 unspecified atom stereocenters. The molecule has 0 aromatic carbocycles. The molecule has 0 bridgehead atoms. The summed E-state index contributed by atoms with van der Waals surface area (Å²) >= 11 is 0. The average molecular weight is 199 g/mol. The van der Waals surface area contributed by atoms with Crippen LogP contribution in [0, 0.1) is 11.8 Å². The maximum Gasteiger partial charge on any atom is 0.217 e. The summed E-state index contributed by atoms with van der Waals surface area (Å²) in [6.45, 7) is 9.25. The molecule has 0 rings (SSSR count). The lowest BCUT2D eigenvalue weighted by molar-refractivity contribution is -0.129. The summed E-state index contributed by atoms with van der Waals surface area (Å²) in [5, 5.41) is 2.70. The van der Waals surface area contributed by atoms with Gasteiger partial charge < -0.3 is 5.32 Å². The Morgan fingerprint density at radius 2 is 1.64 bits per heavy atom. The molecule has 0 radical (unpaired) electrons. The summed E-state index contributed by atoms with van der Waals surface area (Å²) in [6.07, 6.45) is 0.719. The lowest BCUT2D eigenvalue weighted by Crippen LogP contribution is -2.42. The van der Waals surface area contributed by atoms with Crippen LogP contribution in [0.3, 0.4) is 0 Å². The van der Waals surface area contributed by atoms with Crippen molar-refractivity contribution >= 4 is 11.7 Å². The maximum absolute atomic E-state index is 11.7. The van der Waals surface area contributed by atoms with E-state index in [-0.39, 0.29) is 23.7 Å². The van der Waals surface area contributed by atoms with Crippen LogP contribution in [0.15, 0.2) is 0 Å². The molecule has 14 heavy (non-hydrogen) atoms. The van der Waals surface area contributed by atoms with Crippen LogP contribution in [-0.4, -0.2) is 17.7 Å². The summed E-state index contributed by atoms with van der Waals surface area (Å²) < 4.78 is 0. The number of carbonyl (C=O) groups excluding carboxylic acids is 2. The van der Waals surface area contributed by atoms with Crippen LogP contribution >= 0.6 is 0 Å². The van der Waals surface area contributed by atoms with Crippen molar-refractivity contribution in [2.24, 2.45) is 11.8 Å². The molecule has 1 amide bonds. The first-order valence-corrected chi connectivity index (χ1v) is 5.15. The quantitative estimate of drug-likeness (QED) is 0.733. The zero-order valence-electron chi connectivity index (χ0n) is 9.76. The summed E-state index contributed by atoms with van der Waals surface area (Å²) in [4.78, 5) is 22.6. The molecule has 1 atom stereocenters. The molecule has 3 nitrogen and oxygen atoms in total. The number of carbonyl (C=O) groups is 2. The van der Waals surface area contributed by atoms with E-state index in [1.165, 1.54) is 6.92 Å². The minimum absolute atomic E-state index is 0.0226. The first kappa shape index (κ1) is 13.1. The van der Waals surface area contributed by atoms with Gasteiger partial charge in [-0.3, -0.25) is 9.59 Å². The Morgan fingerprint density at radius 3 is 1.93 bits per heavy atom. The largest absolute Gasteiger partial charge is 0.347 e. The minimum Gasteiger partial charge on any atom is -0.347 e. The third kappa shape index (κ3) is 5.00. The van der Waals surface area contributed by atoms with Crippen molar-refractivity contribution in [3.8, 4) is 0 Å². The molecule has 3 heteroatoms. The van der Waals surface area contributed by atoms with E-state index < -0.39 is 0 Å². The normalized spacial score (nSPS) is 13.1. The van der Waals surface area contributed by atoms with Crippen LogP contribution in [0.5, 0.6) is 0 Å². The van der Waals surface area contributed by atoms with Crippen molar-refractivity contribution in [1.29, 1.82) is 0 Å². The predicted molar refractivity (Wildman–Crippen MR) is 56.9 cm³/mol. The monoisotopic (exact) mass is 199 g/mol. The Kier molecular flexibility index (Phi) is 5.43. The zero-order valence-corrected chi connectivity index (χ0v) is 9.76. The number of nitrogens with one attached hydrogen (secondary N) is 1. The third-order valence-electron chi connectivity index (χ3n) is 2.00.